The van der Waals surface area contributed by atoms with Gasteiger partial charge in [0.1, 0.15) is 0 Å². The number of nitrogens with one attached hydrogen (secondary N) is 2. The number of carbonyl (C=O) groups is 3. The van der Waals surface area contributed by atoms with Crippen LogP contribution in [0.5, 0.6) is 0 Å². The molecule has 6 heteroatoms. The summed E-state index contributed by atoms with van der Waals surface area (Å²) in [6.07, 6.45) is 4.49. The quantitative estimate of drug-likeness (QED) is 0.598. The van der Waals surface area contributed by atoms with Crippen LogP contribution in [0.2, 0.25) is 0 Å². The lowest BCUT2D eigenvalue weighted by atomic mass is 9.69. The fourth-order valence-corrected chi connectivity index (χ4v) is 3.87. The molecule has 2 aliphatic carbocycles. The molecule has 0 spiro atoms. The van der Waals surface area contributed by atoms with Gasteiger partial charge in [-0.1, -0.05) is 49.4 Å². The highest BCUT2D eigenvalue weighted by Gasteiger charge is 2.57. The summed E-state index contributed by atoms with van der Waals surface area (Å²) < 4.78 is 0. The topological polar surface area (TPSA) is 98.3 Å². The Morgan fingerprint density at radius 3 is 2.54 bits per heavy atom. The summed E-state index contributed by atoms with van der Waals surface area (Å²) in [6.45, 7) is 1.55. The first-order valence-electron chi connectivity index (χ1n) is 7.95. The maximum Gasteiger partial charge on any atom is 0.243 e. The summed E-state index contributed by atoms with van der Waals surface area (Å²) in [5.41, 5.74) is 4.33. The van der Waals surface area contributed by atoms with Crippen LogP contribution in [0.4, 0.5) is 0 Å². The Morgan fingerprint density at radius 1 is 1.17 bits per heavy atom. The molecule has 0 radical (unpaired) electrons. The first kappa shape index (κ1) is 16.2. The molecule has 2 N–H and O–H groups in total. The van der Waals surface area contributed by atoms with Gasteiger partial charge < -0.3 is 9.90 Å². The molecule has 0 unspecified atom stereocenters. The predicted molar refractivity (Wildman–Crippen MR) is 83.8 cm³/mol. The Labute approximate surface area is 139 Å². The molecule has 0 aliphatic heterocycles. The molecule has 2 aliphatic rings. The van der Waals surface area contributed by atoms with Crippen LogP contribution in [0.15, 0.2) is 42.5 Å². The number of rotatable bonds is 4. The summed E-state index contributed by atoms with van der Waals surface area (Å²) in [7, 11) is 0. The van der Waals surface area contributed by atoms with Crippen LogP contribution in [-0.4, -0.2) is 17.8 Å². The second-order valence-corrected chi connectivity index (χ2v) is 6.64. The van der Waals surface area contributed by atoms with Crippen molar-refractivity contribution in [3.05, 3.63) is 48.0 Å². The van der Waals surface area contributed by atoms with Gasteiger partial charge in [-0.2, -0.15) is 0 Å². The third-order valence-electron chi connectivity index (χ3n) is 5.22. The van der Waals surface area contributed by atoms with E-state index in [-0.39, 0.29) is 24.2 Å². The first-order valence-corrected chi connectivity index (χ1v) is 7.95. The molecule has 2 bridgehead atoms. The number of carboxylic acid groups (broad SMARTS) is 1. The van der Waals surface area contributed by atoms with E-state index in [0.29, 0.717) is 6.42 Å². The SMILES string of the molecule is C[C@]1(C(=O)[O-])[C@@H]2C=C[C@@H](C2)[C@@H]1C(=O)NNC(=O)Cc1ccccc1. The maximum absolute atomic E-state index is 12.5. The highest BCUT2D eigenvalue weighted by atomic mass is 16.4. The number of hydrogen-bond acceptors (Lipinski definition) is 4. The lowest BCUT2D eigenvalue weighted by molar-refractivity contribution is -0.321. The van der Waals surface area contributed by atoms with Gasteiger partial charge in [-0.25, -0.2) is 0 Å². The lowest BCUT2D eigenvalue weighted by Gasteiger charge is -2.38. The average Bonchev–Trinajstić information content (AvgIpc) is 3.13. The van der Waals surface area contributed by atoms with Crippen molar-refractivity contribution in [1.29, 1.82) is 0 Å². The molecule has 1 aromatic rings. The zero-order valence-electron chi connectivity index (χ0n) is 13.3. The fourth-order valence-electron chi connectivity index (χ4n) is 3.87. The van der Waals surface area contributed by atoms with Crippen molar-refractivity contribution >= 4 is 17.8 Å². The highest BCUT2D eigenvalue weighted by Crippen LogP contribution is 2.55. The Kier molecular flexibility index (Phi) is 4.13. The fraction of sp³-hybridized carbons (Fsp3) is 0.389. The van der Waals surface area contributed by atoms with E-state index < -0.39 is 23.2 Å². The zero-order chi connectivity index (χ0) is 17.3. The van der Waals surface area contributed by atoms with Crippen LogP contribution >= 0.6 is 0 Å². The van der Waals surface area contributed by atoms with E-state index in [1.165, 1.54) is 0 Å². The van der Waals surface area contributed by atoms with E-state index in [1.54, 1.807) is 6.92 Å². The molecule has 6 nitrogen and oxygen atoms in total. The van der Waals surface area contributed by atoms with Gasteiger partial charge in [-0.15, -0.1) is 0 Å². The summed E-state index contributed by atoms with van der Waals surface area (Å²) in [4.78, 5) is 36.0. The van der Waals surface area contributed by atoms with Crippen LogP contribution in [0.1, 0.15) is 18.9 Å². The van der Waals surface area contributed by atoms with Gasteiger partial charge in [-0.05, 0) is 23.8 Å². The maximum atomic E-state index is 12.5. The van der Waals surface area contributed by atoms with Gasteiger partial charge in [0.05, 0.1) is 12.3 Å². The summed E-state index contributed by atoms with van der Waals surface area (Å²) in [6, 6.07) is 9.14. The molecule has 24 heavy (non-hydrogen) atoms. The van der Waals surface area contributed by atoms with Gasteiger partial charge in [0.15, 0.2) is 0 Å². The van der Waals surface area contributed by atoms with E-state index in [2.05, 4.69) is 10.9 Å². The summed E-state index contributed by atoms with van der Waals surface area (Å²) in [5.74, 6) is -3.15. The van der Waals surface area contributed by atoms with E-state index in [1.807, 2.05) is 42.5 Å². The van der Waals surface area contributed by atoms with E-state index in [0.717, 1.165) is 5.56 Å². The monoisotopic (exact) mass is 327 g/mol. The summed E-state index contributed by atoms with van der Waals surface area (Å²) in [5, 5.41) is 11.6. The van der Waals surface area contributed by atoms with Gasteiger partial charge in [-0.3, -0.25) is 20.4 Å². The normalized spacial score (nSPS) is 30.1. The number of hydrogen-bond donors (Lipinski definition) is 2. The Bertz CT molecular complexity index is 700. The van der Waals surface area contributed by atoms with Crippen LogP contribution in [0.25, 0.3) is 0 Å². The molecule has 1 saturated carbocycles. The molecule has 1 aromatic carbocycles. The van der Waals surface area contributed by atoms with Crippen LogP contribution < -0.4 is 16.0 Å². The van der Waals surface area contributed by atoms with Crippen molar-refractivity contribution in [2.45, 2.75) is 19.8 Å². The Balaban J connectivity index is 1.62. The van der Waals surface area contributed by atoms with Gasteiger partial charge in [0.25, 0.3) is 0 Å². The van der Waals surface area contributed by atoms with Crippen molar-refractivity contribution in [2.24, 2.45) is 23.2 Å². The molecule has 1 fully saturated rings. The minimum atomic E-state index is -1.24. The third kappa shape index (κ3) is 2.68. The van der Waals surface area contributed by atoms with Gasteiger partial charge >= 0.3 is 0 Å². The van der Waals surface area contributed by atoms with Crippen LogP contribution in [0, 0.1) is 23.2 Å². The van der Waals surface area contributed by atoms with E-state index in [4.69, 9.17) is 0 Å². The second kappa shape index (κ2) is 6.11. The van der Waals surface area contributed by atoms with Gasteiger partial charge in [0, 0.05) is 11.4 Å². The van der Waals surface area contributed by atoms with Crippen molar-refractivity contribution in [1.82, 2.24) is 10.9 Å². The largest absolute Gasteiger partial charge is 0.550 e. The molecular weight excluding hydrogens is 308 g/mol. The zero-order valence-corrected chi connectivity index (χ0v) is 13.3. The number of hydrazine groups is 1. The predicted octanol–water partition coefficient (Wildman–Crippen LogP) is -0.0452. The molecule has 4 atom stereocenters. The molecule has 0 aromatic heterocycles. The van der Waals surface area contributed by atoms with E-state index >= 15 is 0 Å². The van der Waals surface area contributed by atoms with Crippen molar-refractivity contribution in [3.63, 3.8) is 0 Å². The number of fused-ring (bicyclic) bond motifs is 2. The highest BCUT2D eigenvalue weighted by molar-refractivity contribution is 5.90. The number of amides is 2. The number of carbonyl (C=O) groups excluding carboxylic acids is 3. The molecule has 126 valence electrons. The van der Waals surface area contributed by atoms with Crippen LogP contribution in [0.3, 0.4) is 0 Å². The molecule has 3 rings (SSSR count). The standard InChI is InChI=1S/C18H20N2O4/c1-18(17(23)24)13-8-7-12(10-13)15(18)16(22)20-19-14(21)9-11-5-3-2-4-6-11/h2-8,12-13,15H,9-10H2,1H3,(H,19,21)(H,20,22)(H,23,24)/p-1/t12-,13+,15+,18-/m0/s1. The average molecular weight is 327 g/mol. The molecule has 0 heterocycles. The second-order valence-electron chi connectivity index (χ2n) is 6.64. The van der Waals surface area contributed by atoms with Crippen LogP contribution in [-0.2, 0) is 20.8 Å². The first-order chi connectivity index (χ1) is 11.4. The molecule has 0 saturated heterocycles. The Morgan fingerprint density at radius 2 is 1.88 bits per heavy atom. The number of benzene rings is 1. The number of aliphatic carboxylic acids is 1. The third-order valence-corrected chi connectivity index (χ3v) is 5.22. The van der Waals surface area contributed by atoms with Crippen molar-refractivity contribution < 1.29 is 19.5 Å². The molecular formula is C18H19N2O4-. The smallest absolute Gasteiger partial charge is 0.243 e. The minimum absolute atomic E-state index is 0.134. The van der Waals surface area contributed by atoms with E-state index in [9.17, 15) is 19.5 Å². The number of carboxylic acids is 1. The minimum Gasteiger partial charge on any atom is -0.550 e. The lowest BCUT2D eigenvalue weighted by Crippen LogP contribution is -2.55. The Hall–Kier alpha value is -2.63. The number of allylic oxidation sites excluding steroid dienone is 2. The van der Waals surface area contributed by atoms with Crippen molar-refractivity contribution in [3.8, 4) is 0 Å². The molecule has 2 amide bonds. The summed E-state index contributed by atoms with van der Waals surface area (Å²) >= 11 is 0. The van der Waals surface area contributed by atoms with Gasteiger partial charge in [0.2, 0.25) is 11.8 Å². The van der Waals surface area contributed by atoms with Crippen molar-refractivity contribution in [2.75, 3.05) is 0 Å².